The summed E-state index contributed by atoms with van der Waals surface area (Å²) in [5.74, 6) is 0. The molecule has 0 saturated heterocycles. The summed E-state index contributed by atoms with van der Waals surface area (Å²) in [7, 11) is 1.73. The third-order valence-electron chi connectivity index (χ3n) is 2.93. The molecular formula is C14H19N3O. The fraction of sp³-hybridized carbons (Fsp3) is 0.357. The fourth-order valence-electron chi connectivity index (χ4n) is 1.86. The molecule has 2 N–H and O–H groups in total. The van der Waals surface area contributed by atoms with E-state index in [0.717, 1.165) is 30.0 Å². The predicted molar refractivity (Wildman–Crippen MR) is 73.6 cm³/mol. The average Bonchev–Trinajstić information content (AvgIpc) is 2.93. The quantitative estimate of drug-likeness (QED) is 0.822. The van der Waals surface area contributed by atoms with Gasteiger partial charge in [0.15, 0.2) is 0 Å². The molecule has 0 spiro atoms. The van der Waals surface area contributed by atoms with Crippen molar-refractivity contribution in [2.75, 3.05) is 19.0 Å². The van der Waals surface area contributed by atoms with Crippen LogP contribution in [0, 0.1) is 0 Å². The van der Waals surface area contributed by atoms with E-state index in [0.29, 0.717) is 6.04 Å². The molecule has 1 heterocycles. The van der Waals surface area contributed by atoms with E-state index in [1.807, 2.05) is 6.07 Å². The first-order valence-electron chi connectivity index (χ1n) is 6.18. The molecule has 0 bridgehead atoms. The highest BCUT2D eigenvalue weighted by Crippen LogP contribution is 2.19. The number of methoxy groups -OCH3 is 1. The molecule has 1 aromatic heterocycles. The van der Waals surface area contributed by atoms with Crippen LogP contribution >= 0.6 is 0 Å². The van der Waals surface area contributed by atoms with Crippen LogP contribution < -0.4 is 5.32 Å². The van der Waals surface area contributed by atoms with Gasteiger partial charge in [-0.3, -0.25) is 5.10 Å². The number of benzene rings is 1. The van der Waals surface area contributed by atoms with Gasteiger partial charge >= 0.3 is 0 Å². The molecule has 4 heteroatoms. The lowest BCUT2D eigenvalue weighted by Gasteiger charge is -2.17. The molecule has 0 radical (unpaired) electrons. The molecule has 0 amide bonds. The molecule has 0 saturated carbocycles. The van der Waals surface area contributed by atoms with Gasteiger partial charge in [0.2, 0.25) is 0 Å². The summed E-state index contributed by atoms with van der Waals surface area (Å²) in [4.78, 5) is 0. The van der Waals surface area contributed by atoms with Crippen LogP contribution in [0.2, 0.25) is 0 Å². The van der Waals surface area contributed by atoms with Crippen LogP contribution in [0.4, 0.5) is 5.69 Å². The molecule has 1 aromatic carbocycles. The van der Waals surface area contributed by atoms with Crippen LogP contribution in [0.1, 0.15) is 13.3 Å². The van der Waals surface area contributed by atoms with Gasteiger partial charge < -0.3 is 10.1 Å². The number of aromatic nitrogens is 2. The van der Waals surface area contributed by atoms with Gasteiger partial charge in [0.05, 0.1) is 12.3 Å². The van der Waals surface area contributed by atoms with E-state index >= 15 is 0 Å². The third-order valence-corrected chi connectivity index (χ3v) is 2.93. The smallest absolute Gasteiger partial charge is 0.0663 e. The Kier molecular flexibility index (Phi) is 4.36. The van der Waals surface area contributed by atoms with Gasteiger partial charge in [-0.15, -0.1) is 0 Å². The molecule has 0 aliphatic heterocycles. The second-order valence-corrected chi connectivity index (χ2v) is 4.25. The number of nitrogens with one attached hydrogen (secondary N) is 2. The van der Waals surface area contributed by atoms with Crippen molar-refractivity contribution in [3.63, 3.8) is 0 Å². The van der Waals surface area contributed by atoms with Crippen LogP contribution in [0.25, 0.3) is 11.3 Å². The fourth-order valence-corrected chi connectivity index (χ4v) is 1.86. The normalized spacial score (nSPS) is 12.3. The minimum Gasteiger partial charge on any atom is -0.383 e. The zero-order valence-electron chi connectivity index (χ0n) is 10.8. The summed E-state index contributed by atoms with van der Waals surface area (Å²) >= 11 is 0. The zero-order chi connectivity index (χ0) is 12.8. The predicted octanol–water partition coefficient (Wildman–Crippen LogP) is 2.91. The largest absolute Gasteiger partial charge is 0.383 e. The number of rotatable bonds is 6. The number of anilines is 1. The van der Waals surface area contributed by atoms with Crippen molar-refractivity contribution in [1.82, 2.24) is 10.2 Å². The Hall–Kier alpha value is -1.81. The van der Waals surface area contributed by atoms with Crippen molar-refractivity contribution in [2.24, 2.45) is 0 Å². The third kappa shape index (κ3) is 3.11. The molecule has 0 aliphatic carbocycles. The Morgan fingerprint density at radius 3 is 2.61 bits per heavy atom. The van der Waals surface area contributed by atoms with Crippen molar-refractivity contribution in [1.29, 1.82) is 0 Å². The van der Waals surface area contributed by atoms with Crippen molar-refractivity contribution in [3.05, 3.63) is 36.5 Å². The lowest BCUT2D eigenvalue weighted by Crippen LogP contribution is -2.23. The summed E-state index contributed by atoms with van der Waals surface area (Å²) in [6.45, 7) is 2.87. The lowest BCUT2D eigenvalue weighted by molar-refractivity contribution is 0.184. The first kappa shape index (κ1) is 12.6. The van der Waals surface area contributed by atoms with Gasteiger partial charge in [-0.05, 0) is 30.2 Å². The van der Waals surface area contributed by atoms with Gasteiger partial charge in [0.25, 0.3) is 0 Å². The topological polar surface area (TPSA) is 49.9 Å². The molecular weight excluding hydrogens is 226 g/mol. The maximum Gasteiger partial charge on any atom is 0.0663 e. The van der Waals surface area contributed by atoms with E-state index in [4.69, 9.17) is 4.74 Å². The van der Waals surface area contributed by atoms with E-state index < -0.39 is 0 Å². The maximum atomic E-state index is 5.17. The van der Waals surface area contributed by atoms with E-state index in [1.165, 1.54) is 0 Å². The molecule has 2 rings (SSSR count). The monoisotopic (exact) mass is 245 g/mol. The van der Waals surface area contributed by atoms with Crippen LogP contribution in [0.15, 0.2) is 36.5 Å². The number of H-pyrrole nitrogens is 1. The number of hydrogen-bond acceptors (Lipinski definition) is 3. The number of aromatic amines is 1. The van der Waals surface area contributed by atoms with Crippen LogP contribution in [-0.4, -0.2) is 30.0 Å². The van der Waals surface area contributed by atoms with Gasteiger partial charge in [-0.1, -0.05) is 19.1 Å². The Morgan fingerprint density at radius 1 is 1.28 bits per heavy atom. The molecule has 1 unspecified atom stereocenters. The maximum absolute atomic E-state index is 5.17. The Labute approximate surface area is 107 Å². The molecule has 4 nitrogen and oxygen atoms in total. The van der Waals surface area contributed by atoms with E-state index in [1.54, 1.807) is 13.3 Å². The van der Waals surface area contributed by atoms with Crippen LogP contribution in [0.5, 0.6) is 0 Å². The van der Waals surface area contributed by atoms with Crippen molar-refractivity contribution in [3.8, 4) is 11.3 Å². The molecule has 96 valence electrons. The first-order valence-corrected chi connectivity index (χ1v) is 6.18. The second-order valence-electron chi connectivity index (χ2n) is 4.25. The molecule has 0 fully saturated rings. The van der Waals surface area contributed by atoms with E-state index in [-0.39, 0.29) is 0 Å². The number of hydrogen-bond donors (Lipinski definition) is 2. The Morgan fingerprint density at radius 2 is 2.06 bits per heavy atom. The SMILES string of the molecule is CCC(COC)Nc1ccc(-c2ccn[nH]2)cc1. The van der Waals surface area contributed by atoms with Gasteiger partial charge in [0.1, 0.15) is 0 Å². The van der Waals surface area contributed by atoms with Crippen LogP contribution in [0.3, 0.4) is 0 Å². The van der Waals surface area contributed by atoms with Crippen molar-refractivity contribution >= 4 is 5.69 Å². The highest BCUT2D eigenvalue weighted by molar-refractivity contribution is 5.62. The molecule has 2 aromatic rings. The summed E-state index contributed by atoms with van der Waals surface area (Å²) in [5, 5.41) is 10.4. The number of ether oxygens (including phenoxy) is 1. The zero-order valence-corrected chi connectivity index (χ0v) is 10.8. The highest BCUT2D eigenvalue weighted by Gasteiger charge is 2.05. The van der Waals surface area contributed by atoms with E-state index in [2.05, 4.69) is 46.7 Å². The highest BCUT2D eigenvalue weighted by atomic mass is 16.5. The first-order chi connectivity index (χ1) is 8.83. The van der Waals surface area contributed by atoms with Gasteiger partial charge in [-0.25, -0.2) is 0 Å². The second kappa shape index (κ2) is 6.21. The Bertz CT molecular complexity index is 450. The summed E-state index contributed by atoms with van der Waals surface area (Å²) in [6, 6.07) is 10.6. The summed E-state index contributed by atoms with van der Waals surface area (Å²) in [5.41, 5.74) is 3.28. The van der Waals surface area contributed by atoms with Gasteiger partial charge in [0, 0.05) is 25.0 Å². The van der Waals surface area contributed by atoms with Gasteiger partial charge in [-0.2, -0.15) is 5.10 Å². The molecule has 0 aliphatic rings. The number of nitrogens with zero attached hydrogens (tertiary/aromatic N) is 1. The summed E-state index contributed by atoms with van der Waals surface area (Å²) < 4.78 is 5.17. The van der Waals surface area contributed by atoms with E-state index in [9.17, 15) is 0 Å². The van der Waals surface area contributed by atoms with Crippen molar-refractivity contribution in [2.45, 2.75) is 19.4 Å². The minimum absolute atomic E-state index is 0.355. The standard InChI is InChI=1S/C14H19N3O/c1-3-12(10-18-2)16-13-6-4-11(5-7-13)14-8-9-15-17-14/h4-9,12,16H,3,10H2,1-2H3,(H,15,17). The molecule has 1 atom stereocenters. The van der Waals surface area contributed by atoms with Crippen LogP contribution in [-0.2, 0) is 4.74 Å². The Balaban J connectivity index is 2.03. The molecule has 18 heavy (non-hydrogen) atoms. The average molecular weight is 245 g/mol. The summed E-state index contributed by atoms with van der Waals surface area (Å²) in [6.07, 6.45) is 2.79. The van der Waals surface area contributed by atoms with Crippen molar-refractivity contribution < 1.29 is 4.74 Å². The lowest BCUT2D eigenvalue weighted by atomic mass is 10.1. The minimum atomic E-state index is 0.355.